The molecule has 0 aromatic carbocycles. The Balaban J connectivity index is 1.90. The highest BCUT2D eigenvalue weighted by Crippen LogP contribution is 2.18. The normalized spacial score (nSPS) is 24.2. The molecule has 0 unspecified atom stereocenters. The first-order valence-electron chi connectivity index (χ1n) is 4.18. The molecule has 0 radical (unpaired) electrons. The SMILES string of the molecule is c1csc(C[C@@H]2CCNC2)c1. The summed E-state index contributed by atoms with van der Waals surface area (Å²) in [5, 5.41) is 5.55. The first kappa shape index (κ1) is 7.32. The van der Waals surface area contributed by atoms with Crippen molar-refractivity contribution in [2.24, 2.45) is 5.92 Å². The van der Waals surface area contributed by atoms with Crippen molar-refractivity contribution in [1.29, 1.82) is 0 Å². The summed E-state index contributed by atoms with van der Waals surface area (Å²) in [7, 11) is 0. The summed E-state index contributed by atoms with van der Waals surface area (Å²) in [5.41, 5.74) is 0. The number of hydrogen-bond donors (Lipinski definition) is 1. The monoisotopic (exact) mass is 167 g/mol. The van der Waals surface area contributed by atoms with Gasteiger partial charge in [-0.3, -0.25) is 0 Å². The van der Waals surface area contributed by atoms with Gasteiger partial charge < -0.3 is 5.32 Å². The van der Waals surface area contributed by atoms with Gasteiger partial charge in [0.05, 0.1) is 0 Å². The van der Waals surface area contributed by atoms with Crippen molar-refractivity contribution in [3.05, 3.63) is 22.4 Å². The van der Waals surface area contributed by atoms with Gasteiger partial charge in [-0.25, -0.2) is 0 Å². The summed E-state index contributed by atoms with van der Waals surface area (Å²) in [6, 6.07) is 4.38. The molecule has 1 saturated heterocycles. The molecule has 1 fully saturated rings. The van der Waals surface area contributed by atoms with Crippen molar-refractivity contribution in [3.8, 4) is 0 Å². The van der Waals surface area contributed by atoms with Crippen LogP contribution in [0, 0.1) is 5.92 Å². The molecule has 11 heavy (non-hydrogen) atoms. The van der Waals surface area contributed by atoms with E-state index >= 15 is 0 Å². The van der Waals surface area contributed by atoms with E-state index in [4.69, 9.17) is 0 Å². The molecule has 2 rings (SSSR count). The van der Waals surface area contributed by atoms with Crippen LogP contribution in [0.5, 0.6) is 0 Å². The summed E-state index contributed by atoms with van der Waals surface area (Å²) in [4.78, 5) is 1.54. The molecule has 60 valence electrons. The van der Waals surface area contributed by atoms with Crippen LogP contribution in [-0.2, 0) is 6.42 Å². The molecular formula is C9H13NS. The van der Waals surface area contributed by atoms with Crippen LogP contribution in [-0.4, -0.2) is 13.1 Å². The van der Waals surface area contributed by atoms with Gasteiger partial charge in [0, 0.05) is 4.88 Å². The predicted octanol–water partition coefficient (Wildman–Crippen LogP) is 1.90. The number of rotatable bonds is 2. The highest BCUT2D eigenvalue weighted by Gasteiger charge is 2.14. The third-order valence-corrected chi connectivity index (χ3v) is 3.13. The molecule has 1 N–H and O–H groups in total. The van der Waals surface area contributed by atoms with E-state index in [0.717, 1.165) is 5.92 Å². The fourth-order valence-corrected chi connectivity index (χ4v) is 2.42. The lowest BCUT2D eigenvalue weighted by atomic mass is 10.0. The molecule has 0 saturated carbocycles. The zero-order valence-corrected chi connectivity index (χ0v) is 7.36. The van der Waals surface area contributed by atoms with E-state index in [-0.39, 0.29) is 0 Å². The maximum absolute atomic E-state index is 3.39. The van der Waals surface area contributed by atoms with Gasteiger partial charge in [0.2, 0.25) is 0 Å². The molecule has 0 amide bonds. The summed E-state index contributed by atoms with van der Waals surface area (Å²) in [6.45, 7) is 2.44. The minimum Gasteiger partial charge on any atom is -0.316 e. The van der Waals surface area contributed by atoms with E-state index in [1.807, 2.05) is 11.3 Å². The molecule has 0 aliphatic carbocycles. The Bertz CT molecular complexity index is 199. The molecule has 1 aromatic heterocycles. The van der Waals surface area contributed by atoms with Gasteiger partial charge in [0.25, 0.3) is 0 Å². The molecule has 1 aliphatic heterocycles. The van der Waals surface area contributed by atoms with Crippen LogP contribution in [0.4, 0.5) is 0 Å². The van der Waals surface area contributed by atoms with Gasteiger partial charge in [-0.05, 0) is 43.3 Å². The Morgan fingerprint density at radius 1 is 1.64 bits per heavy atom. The molecule has 0 spiro atoms. The second kappa shape index (κ2) is 3.37. The average molecular weight is 167 g/mol. The zero-order chi connectivity index (χ0) is 7.52. The van der Waals surface area contributed by atoms with Crippen LogP contribution in [0.1, 0.15) is 11.3 Å². The van der Waals surface area contributed by atoms with Crippen molar-refractivity contribution >= 4 is 11.3 Å². The lowest BCUT2D eigenvalue weighted by molar-refractivity contribution is 0.585. The summed E-state index contributed by atoms with van der Waals surface area (Å²) >= 11 is 1.88. The Morgan fingerprint density at radius 3 is 3.27 bits per heavy atom. The number of thiophene rings is 1. The molecule has 1 aliphatic rings. The van der Waals surface area contributed by atoms with Gasteiger partial charge in [-0.2, -0.15) is 0 Å². The second-order valence-corrected chi connectivity index (χ2v) is 4.17. The molecular weight excluding hydrogens is 154 g/mol. The fourth-order valence-electron chi connectivity index (χ4n) is 1.60. The second-order valence-electron chi connectivity index (χ2n) is 3.14. The molecule has 1 nitrogen and oxygen atoms in total. The molecule has 2 heterocycles. The van der Waals surface area contributed by atoms with Crippen LogP contribution in [0.3, 0.4) is 0 Å². The number of nitrogens with one attached hydrogen (secondary N) is 1. The van der Waals surface area contributed by atoms with E-state index in [9.17, 15) is 0 Å². The van der Waals surface area contributed by atoms with Crippen molar-refractivity contribution < 1.29 is 0 Å². The van der Waals surface area contributed by atoms with Crippen LogP contribution in [0.25, 0.3) is 0 Å². The lowest BCUT2D eigenvalue weighted by Crippen LogP contribution is -2.10. The van der Waals surface area contributed by atoms with E-state index in [0.29, 0.717) is 0 Å². The Labute approximate surface area is 71.4 Å². The van der Waals surface area contributed by atoms with Crippen molar-refractivity contribution in [3.63, 3.8) is 0 Å². The largest absolute Gasteiger partial charge is 0.316 e. The summed E-state index contributed by atoms with van der Waals surface area (Å²) < 4.78 is 0. The first-order valence-corrected chi connectivity index (χ1v) is 5.06. The van der Waals surface area contributed by atoms with E-state index in [2.05, 4.69) is 22.8 Å². The van der Waals surface area contributed by atoms with E-state index in [1.54, 1.807) is 4.88 Å². The van der Waals surface area contributed by atoms with Crippen LogP contribution in [0.2, 0.25) is 0 Å². The Hall–Kier alpha value is -0.340. The van der Waals surface area contributed by atoms with Crippen molar-refractivity contribution in [2.45, 2.75) is 12.8 Å². The lowest BCUT2D eigenvalue weighted by Gasteiger charge is -2.04. The van der Waals surface area contributed by atoms with Crippen LogP contribution >= 0.6 is 11.3 Å². The smallest absolute Gasteiger partial charge is 0.00484 e. The quantitative estimate of drug-likeness (QED) is 0.709. The van der Waals surface area contributed by atoms with Crippen LogP contribution in [0.15, 0.2) is 17.5 Å². The van der Waals surface area contributed by atoms with E-state index < -0.39 is 0 Å². The minimum atomic E-state index is 0.897. The fraction of sp³-hybridized carbons (Fsp3) is 0.556. The number of hydrogen-bond acceptors (Lipinski definition) is 2. The standard InChI is InChI=1S/C9H13NS/c1-2-9(11-5-1)6-8-3-4-10-7-8/h1-2,5,8,10H,3-4,6-7H2/t8-/m0/s1. The van der Waals surface area contributed by atoms with Gasteiger partial charge in [-0.1, -0.05) is 6.07 Å². The topological polar surface area (TPSA) is 12.0 Å². The molecule has 2 heteroatoms. The highest BCUT2D eigenvalue weighted by molar-refractivity contribution is 7.09. The van der Waals surface area contributed by atoms with Gasteiger partial charge in [0.15, 0.2) is 0 Å². The third-order valence-electron chi connectivity index (χ3n) is 2.23. The van der Waals surface area contributed by atoms with E-state index in [1.165, 1.54) is 25.9 Å². The first-order chi connectivity index (χ1) is 5.45. The molecule has 0 bridgehead atoms. The summed E-state index contributed by atoms with van der Waals surface area (Å²) in [6.07, 6.45) is 2.64. The van der Waals surface area contributed by atoms with Crippen molar-refractivity contribution in [1.82, 2.24) is 5.32 Å². The Kier molecular flexibility index (Phi) is 2.24. The van der Waals surface area contributed by atoms with Gasteiger partial charge in [-0.15, -0.1) is 11.3 Å². The zero-order valence-electron chi connectivity index (χ0n) is 6.55. The maximum atomic E-state index is 3.39. The molecule has 1 aromatic rings. The maximum Gasteiger partial charge on any atom is 0.00484 e. The molecule has 1 atom stereocenters. The van der Waals surface area contributed by atoms with Crippen LogP contribution < -0.4 is 5.32 Å². The average Bonchev–Trinajstić information content (AvgIpc) is 2.60. The highest BCUT2D eigenvalue weighted by atomic mass is 32.1. The minimum absolute atomic E-state index is 0.897. The predicted molar refractivity (Wildman–Crippen MR) is 49.0 cm³/mol. The third kappa shape index (κ3) is 1.82. The van der Waals surface area contributed by atoms with Crippen molar-refractivity contribution in [2.75, 3.05) is 13.1 Å². The Morgan fingerprint density at radius 2 is 2.64 bits per heavy atom. The summed E-state index contributed by atoms with van der Waals surface area (Å²) in [5.74, 6) is 0.897. The van der Waals surface area contributed by atoms with Gasteiger partial charge in [0.1, 0.15) is 0 Å². The van der Waals surface area contributed by atoms with Gasteiger partial charge >= 0.3 is 0 Å².